The van der Waals surface area contributed by atoms with Gasteiger partial charge in [-0.1, -0.05) is 60.6 Å². The number of para-hydroxylation sites is 3. The van der Waals surface area contributed by atoms with Gasteiger partial charge in [-0.2, -0.15) is 9.97 Å². The van der Waals surface area contributed by atoms with Crippen LogP contribution in [0.1, 0.15) is 8.22 Å². The SMILES string of the molecule is [2H]c1cc([2H])c2c(c1[2H])c1c([2H])c([2H])cc([2H])c1n2-c1ccc(-c2nc(Cl)nc(-c3ccc4c(c3)oc3ccccc34)n2)cc1. The highest BCUT2D eigenvalue weighted by molar-refractivity contribution is 6.28. The van der Waals surface area contributed by atoms with E-state index in [1.807, 2.05) is 42.5 Å². The average molecular weight is 529 g/mol. The summed E-state index contributed by atoms with van der Waals surface area (Å²) in [6.45, 7) is 0. The van der Waals surface area contributed by atoms with Crippen molar-refractivity contribution in [3.05, 3.63) is 120 Å². The smallest absolute Gasteiger partial charge is 0.226 e. The molecule has 0 bridgehead atoms. The molecule has 0 amide bonds. The highest BCUT2D eigenvalue weighted by Crippen LogP contribution is 2.34. The number of nitrogens with zero attached hydrogens (tertiary/aromatic N) is 4. The molecule has 0 atom stereocenters. The number of halogens is 1. The van der Waals surface area contributed by atoms with Crippen LogP contribution in [0.5, 0.6) is 0 Å². The van der Waals surface area contributed by atoms with Crippen molar-refractivity contribution in [2.24, 2.45) is 0 Å². The summed E-state index contributed by atoms with van der Waals surface area (Å²) < 4.78 is 58.5. The number of rotatable bonds is 3. The molecule has 0 aliphatic carbocycles. The first-order chi connectivity index (χ1) is 21.7. The second kappa shape index (κ2) is 8.51. The second-order valence-electron chi connectivity index (χ2n) is 9.01. The Morgan fingerprint density at radius 1 is 0.615 bits per heavy atom. The van der Waals surface area contributed by atoms with Gasteiger partial charge in [0.1, 0.15) is 11.2 Å². The zero-order valence-corrected chi connectivity index (χ0v) is 20.8. The van der Waals surface area contributed by atoms with Gasteiger partial charge < -0.3 is 8.98 Å². The van der Waals surface area contributed by atoms with Crippen molar-refractivity contribution in [1.82, 2.24) is 19.5 Å². The lowest BCUT2D eigenvalue weighted by Crippen LogP contribution is -1.98. The summed E-state index contributed by atoms with van der Waals surface area (Å²) in [6.07, 6.45) is 0. The van der Waals surface area contributed by atoms with Crippen LogP contribution in [0.4, 0.5) is 0 Å². The lowest BCUT2D eigenvalue weighted by molar-refractivity contribution is 0.669. The van der Waals surface area contributed by atoms with E-state index >= 15 is 0 Å². The number of aromatic nitrogens is 4. The predicted molar refractivity (Wildman–Crippen MR) is 157 cm³/mol. The minimum Gasteiger partial charge on any atom is -0.456 e. The lowest BCUT2D eigenvalue weighted by Gasteiger charge is -2.09. The van der Waals surface area contributed by atoms with Gasteiger partial charge in [0.25, 0.3) is 0 Å². The molecule has 0 aliphatic rings. The maximum Gasteiger partial charge on any atom is 0.226 e. The quantitative estimate of drug-likeness (QED) is 0.230. The molecule has 5 nitrogen and oxygen atoms in total. The highest BCUT2D eigenvalue weighted by atomic mass is 35.5. The van der Waals surface area contributed by atoms with Gasteiger partial charge in [0.2, 0.25) is 5.28 Å². The summed E-state index contributed by atoms with van der Waals surface area (Å²) in [6, 6.07) is 22.5. The molecule has 8 aromatic rings. The second-order valence-corrected chi connectivity index (χ2v) is 9.34. The molecule has 5 aromatic carbocycles. The van der Waals surface area contributed by atoms with E-state index in [-0.39, 0.29) is 63.3 Å². The Hall–Kier alpha value is -5.00. The zero-order chi connectivity index (χ0) is 31.1. The Kier molecular flexibility index (Phi) is 3.66. The van der Waals surface area contributed by atoms with E-state index in [9.17, 15) is 0 Å². The number of hydrogen-bond donors (Lipinski definition) is 0. The Morgan fingerprint density at radius 2 is 1.26 bits per heavy atom. The molecule has 0 radical (unpaired) electrons. The fourth-order valence-electron chi connectivity index (χ4n) is 5.01. The maximum absolute atomic E-state index is 8.66. The van der Waals surface area contributed by atoms with Gasteiger partial charge >= 0.3 is 0 Å². The van der Waals surface area contributed by atoms with E-state index in [4.69, 9.17) is 29.2 Å². The van der Waals surface area contributed by atoms with Crippen LogP contribution < -0.4 is 0 Å². The molecule has 0 saturated carbocycles. The van der Waals surface area contributed by atoms with Gasteiger partial charge in [-0.05, 0) is 66.2 Å². The first-order valence-corrected chi connectivity index (χ1v) is 12.5. The third-order valence-electron chi connectivity index (χ3n) is 6.76. The van der Waals surface area contributed by atoms with Gasteiger partial charge in [0.05, 0.1) is 19.3 Å². The summed E-state index contributed by atoms with van der Waals surface area (Å²) in [7, 11) is 0. The Morgan fingerprint density at radius 3 is 2.00 bits per heavy atom. The molecule has 3 heterocycles. The number of fused-ring (bicyclic) bond motifs is 6. The fraction of sp³-hybridized carbons (Fsp3) is 0. The van der Waals surface area contributed by atoms with Crippen LogP contribution >= 0.6 is 11.6 Å². The molecule has 0 saturated heterocycles. The number of furan rings is 1. The summed E-state index contributed by atoms with van der Waals surface area (Å²) in [5.41, 5.74) is 3.97. The molecule has 39 heavy (non-hydrogen) atoms. The van der Waals surface area contributed by atoms with Gasteiger partial charge in [0, 0.05) is 38.4 Å². The first-order valence-electron chi connectivity index (χ1n) is 15.2. The molecule has 6 heteroatoms. The molecule has 0 fully saturated rings. The fourth-order valence-corrected chi connectivity index (χ4v) is 5.17. The Labute approximate surface area is 236 Å². The van der Waals surface area contributed by atoms with Crippen molar-refractivity contribution in [3.63, 3.8) is 0 Å². The molecular formula is C33H19ClN4O. The van der Waals surface area contributed by atoms with Gasteiger partial charge in [-0.15, -0.1) is 0 Å². The topological polar surface area (TPSA) is 56.7 Å². The normalized spacial score (nSPS) is 13.9. The maximum atomic E-state index is 8.66. The van der Waals surface area contributed by atoms with E-state index in [0.29, 0.717) is 34.0 Å². The summed E-state index contributed by atoms with van der Waals surface area (Å²) in [5, 5.41) is 2.43. The monoisotopic (exact) mass is 528 g/mol. The molecule has 184 valence electrons. The van der Waals surface area contributed by atoms with E-state index in [1.54, 1.807) is 28.8 Å². The van der Waals surface area contributed by atoms with E-state index in [2.05, 4.69) is 9.97 Å². The van der Waals surface area contributed by atoms with E-state index in [1.165, 1.54) is 12.1 Å². The van der Waals surface area contributed by atoms with Crippen molar-refractivity contribution >= 4 is 55.3 Å². The van der Waals surface area contributed by atoms with Crippen LogP contribution in [0.2, 0.25) is 5.28 Å². The molecule has 0 aliphatic heterocycles. The van der Waals surface area contributed by atoms with E-state index in [0.717, 1.165) is 16.4 Å². The third-order valence-corrected chi connectivity index (χ3v) is 6.93. The minimum absolute atomic E-state index is 0.0206. The molecular weight excluding hydrogens is 504 g/mol. The van der Waals surface area contributed by atoms with Crippen LogP contribution in [0.3, 0.4) is 0 Å². The third kappa shape index (κ3) is 3.51. The lowest BCUT2D eigenvalue weighted by atomic mass is 10.1. The average Bonchev–Trinajstić information content (AvgIpc) is 3.59. The van der Waals surface area contributed by atoms with Crippen LogP contribution in [-0.2, 0) is 0 Å². The Bertz CT molecular complexity index is 2460. The summed E-state index contributed by atoms with van der Waals surface area (Å²) in [4.78, 5) is 13.4. The molecule has 0 N–H and O–H groups in total. The number of benzene rings is 5. The Balaban J connectivity index is 1.26. The predicted octanol–water partition coefficient (Wildman–Crippen LogP) is 8.86. The first kappa shape index (κ1) is 16.8. The van der Waals surface area contributed by atoms with Crippen molar-refractivity contribution in [2.75, 3.05) is 0 Å². The molecule has 8 rings (SSSR count). The van der Waals surface area contributed by atoms with E-state index < -0.39 is 0 Å². The highest BCUT2D eigenvalue weighted by Gasteiger charge is 2.14. The van der Waals surface area contributed by atoms with Crippen LogP contribution in [0, 0.1) is 0 Å². The van der Waals surface area contributed by atoms with Gasteiger partial charge in [-0.3, -0.25) is 0 Å². The largest absolute Gasteiger partial charge is 0.456 e. The van der Waals surface area contributed by atoms with Crippen LogP contribution in [0.15, 0.2) is 120 Å². The molecule has 0 spiro atoms. The van der Waals surface area contributed by atoms with Crippen LogP contribution in [-0.4, -0.2) is 19.5 Å². The summed E-state index contributed by atoms with van der Waals surface area (Å²) >= 11 is 6.37. The summed E-state index contributed by atoms with van der Waals surface area (Å²) in [5.74, 6) is 0.713. The van der Waals surface area contributed by atoms with Crippen molar-refractivity contribution in [2.45, 2.75) is 0 Å². The molecule has 0 unspecified atom stereocenters. The number of hydrogen-bond acceptors (Lipinski definition) is 4. The van der Waals surface area contributed by atoms with Crippen molar-refractivity contribution in [3.8, 4) is 28.5 Å². The van der Waals surface area contributed by atoms with Crippen molar-refractivity contribution in [1.29, 1.82) is 0 Å². The van der Waals surface area contributed by atoms with Crippen LogP contribution in [0.25, 0.3) is 72.2 Å². The molecule has 3 aromatic heterocycles. The zero-order valence-electron chi connectivity index (χ0n) is 26.1. The van der Waals surface area contributed by atoms with Gasteiger partial charge in [-0.25, -0.2) is 4.98 Å². The standard InChI is InChI=1S/C33H19ClN4O/c34-33-36-31(35-32(37-33)21-15-18-26-25-9-3-6-12-29(25)39-30(26)19-21)20-13-16-22(17-14-20)38-27-10-4-1-7-23(27)24-8-2-5-11-28(24)38/h1-19H/i1D,2D,7D,8D,10D,11D. The minimum atomic E-state index is -0.162. The van der Waals surface area contributed by atoms with Crippen molar-refractivity contribution < 1.29 is 12.6 Å². The van der Waals surface area contributed by atoms with Gasteiger partial charge in [0.15, 0.2) is 11.6 Å².